The van der Waals surface area contributed by atoms with Crippen molar-refractivity contribution in [3.05, 3.63) is 69.2 Å². The Bertz CT molecular complexity index is 836. The van der Waals surface area contributed by atoms with Crippen LogP contribution < -0.4 is 5.32 Å². The summed E-state index contributed by atoms with van der Waals surface area (Å²) in [7, 11) is 0. The zero-order valence-corrected chi connectivity index (χ0v) is 16.4. The number of anilines is 1. The molecule has 2 aromatic rings. The van der Waals surface area contributed by atoms with Crippen LogP contribution in [0.5, 0.6) is 0 Å². The summed E-state index contributed by atoms with van der Waals surface area (Å²) in [5, 5.41) is 3.01. The maximum Gasteiger partial charge on any atom is 0.255 e. The lowest BCUT2D eigenvalue weighted by Crippen LogP contribution is -2.23. The molecule has 0 saturated carbocycles. The third kappa shape index (κ3) is 4.08. The third-order valence-electron chi connectivity index (χ3n) is 5.21. The van der Waals surface area contributed by atoms with E-state index in [-0.39, 0.29) is 5.91 Å². The number of nitrogens with zero attached hydrogens (tertiary/aromatic N) is 1. The predicted octanol–water partition coefficient (Wildman–Crippen LogP) is 5.13. The zero-order chi connectivity index (χ0) is 17.9. The summed E-state index contributed by atoms with van der Waals surface area (Å²) in [4.78, 5) is 15.0. The van der Waals surface area contributed by atoms with Crippen molar-refractivity contribution < 1.29 is 4.79 Å². The van der Waals surface area contributed by atoms with Crippen LogP contribution in [0, 0.1) is 0 Å². The number of nitrogens with one attached hydrogen (secondary N) is 1. The molecule has 0 aromatic heterocycles. The monoisotopic (exact) mass is 410 g/mol. The Hall–Kier alpha value is -1.91. The first-order valence-electron chi connectivity index (χ1n) is 9.29. The number of aryl methyl sites for hydroxylation is 1. The van der Waals surface area contributed by atoms with Crippen LogP contribution in [0.4, 0.5) is 5.69 Å². The number of likely N-dealkylation sites (tertiary alicyclic amines) is 1. The van der Waals surface area contributed by atoms with Crippen molar-refractivity contribution in [2.24, 2.45) is 0 Å². The first kappa shape index (κ1) is 17.5. The van der Waals surface area contributed by atoms with Gasteiger partial charge in [0, 0.05) is 22.3 Å². The minimum Gasteiger partial charge on any atom is -0.322 e. The fourth-order valence-electron chi connectivity index (χ4n) is 3.79. The van der Waals surface area contributed by atoms with Crippen molar-refractivity contribution >= 4 is 33.6 Å². The predicted molar refractivity (Wildman–Crippen MR) is 111 cm³/mol. The molecule has 0 radical (unpaired) electrons. The molecule has 134 valence electrons. The lowest BCUT2D eigenvalue weighted by molar-refractivity contribution is 0.102. The van der Waals surface area contributed by atoms with E-state index in [1.807, 2.05) is 30.3 Å². The van der Waals surface area contributed by atoms with Gasteiger partial charge in [-0.2, -0.15) is 0 Å². The molecule has 0 bridgehead atoms. The molecule has 1 aliphatic carbocycles. The number of hydrogen-bond acceptors (Lipinski definition) is 2. The Balaban J connectivity index is 1.45. The molecule has 4 heteroatoms. The summed E-state index contributed by atoms with van der Waals surface area (Å²) in [6.45, 7) is 3.60. The summed E-state index contributed by atoms with van der Waals surface area (Å²) < 4.78 is 0.972. The molecule has 4 rings (SSSR count). The van der Waals surface area contributed by atoms with Crippen LogP contribution in [0.15, 0.2) is 52.5 Å². The highest BCUT2D eigenvalue weighted by molar-refractivity contribution is 9.10. The molecule has 1 aliphatic heterocycles. The highest BCUT2D eigenvalue weighted by Crippen LogP contribution is 2.28. The van der Waals surface area contributed by atoms with Gasteiger partial charge in [-0.15, -0.1) is 0 Å². The minimum atomic E-state index is -0.0708. The van der Waals surface area contributed by atoms with Gasteiger partial charge >= 0.3 is 0 Å². The average molecular weight is 411 g/mol. The van der Waals surface area contributed by atoms with Crippen LogP contribution in [0.25, 0.3) is 6.08 Å². The second-order valence-electron chi connectivity index (χ2n) is 7.16. The molecule has 3 nitrogen and oxygen atoms in total. The van der Waals surface area contributed by atoms with Gasteiger partial charge < -0.3 is 5.32 Å². The lowest BCUT2D eigenvalue weighted by atomic mass is 9.91. The van der Waals surface area contributed by atoms with Gasteiger partial charge in [0.1, 0.15) is 0 Å². The maximum absolute atomic E-state index is 12.4. The molecule has 1 N–H and O–H groups in total. The summed E-state index contributed by atoms with van der Waals surface area (Å²) in [6.07, 6.45) is 7.19. The molecule has 1 heterocycles. The molecule has 0 unspecified atom stereocenters. The highest BCUT2D eigenvalue weighted by Gasteiger charge is 2.17. The van der Waals surface area contributed by atoms with Crippen LogP contribution >= 0.6 is 15.9 Å². The normalized spacial score (nSPS) is 16.9. The molecule has 2 aromatic carbocycles. The van der Waals surface area contributed by atoms with Gasteiger partial charge in [-0.3, -0.25) is 9.69 Å². The quantitative estimate of drug-likeness (QED) is 0.757. The van der Waals surface area contributed by atoms with Gasteiger partial charge in [-0.25, -0.2) is 0 Å². The number of rotatable bonds is 4. The molecule has 2 aliphatic rings. The standard InChI is InChI=1S/C22H23BrN2O/c23-20-8-5-17(6-9-20)22(26)24-21-10-7-18-13-16(3-4-19(18)14-21)15-25-11-1-2-12-25/h5-10,13-14H,1-4,11-12,15H2,(H,24,26). The van der Waals surface area contributed by atoms with Gasteiger partial charge in [0.25, 0.3) is 5.91 Å². The van der Waals surface area contributed by atoms with Crippen molar-refractivity contribution in [3.8, 4) is 0 Å². The third-order valence-corrected chi connectivity index (χ3v) is 5.74. The Kier molecular flexibility index (Phi) is 5.23. The second kappa shape index (κ2) is 7.77. The lowest BCUT2D eigenvalue weighted by Gasteiger charge is -2.22. The van der Waals surface area contributed by atoms with E-state index >= 15 is 0 Å². The van der Waals surface area contributed by atoms with Crippen molar-refractivity contribution in [1.82, 2.24) is 4.90 Å². The molecule has 1 amide bonds. The second-order valence-corrected chi connectivity index (χ2v) is 8.08. The van der Waals surface area contributed by atoms with E-state index in [1.165, 1.54) is 42.6 Å². The number of halogens is 1. The number of benzene rings is 2. The largest absolute Gasteiger partial charge is 0.322 e. The number of carbonyl (C=O) groups is 1. The number of hydrogen-bond donors (Lipinski definition) is 1. The maximum atomic E-state index is 12.4. The SMILES string of the molecule is O=C(Nc1ccc2c(c1)CCC(CN1CCCC1)=C2)c1ccc(Br)cc1. The van der Waals surface area contributed by atoms with E-state index in [0.717, 1.165) is 29.5 Å². The summed E-state index contributed by atoms with van der Waals surface area (Å²) in [5.41, 5.74) is 5.69. The topological polar surface area (TPSA) is 32.3 Å². The Labute approximate surface area is 163 Å². The van der Waals surface area contributed by atoms with Gasteiger partial charge in [0.15, 0.2) is 0 Å². The Morgan fingerprint density at radius 2 is 1.81 bits per heavy atom. The minimum absolute atomic E-state index is 0.0708. The Morgan fingerprint density at radius 1 is 1.04 bits per heavy atom. The summed E-state index contributed by atoms with van der Waals surface area (Å²) >= 11 is 3.39. The van der Waals surface area contributed by atoms with Crippen molar-refractivity contribution in [1.29, 1.82) is 0 Å². The molecule has 1 saturated heterocycles. The van der Waals surface area contributed by atoms with Crippen LogP contribution in [-0.2, 0) is 6.42 Å². The number of fused-ring (bicyclic) bond motifs is 1. The van der Waals surface area contributed by atoms with Crippen LogP contribution in [0.3, 0.4) is 0 Å². The fourth-order valence-corrected chi connectivity index (χ4v) is 4.05. The molecule has 1 fully saturated rings. The van der Waals surface area contributed by atoms with Gasteiger partial charge in [-0.1, -0.05) is 33.6 Å². The zero-order valence-electron chi connectivity index (χ0n) is 14.8. The summed E-state index contributed by atoms with van der Waals surface area (Å²) in [5.74, 6) is -0.0708. The van der Waals surface area contributed by atoms with E-state index in [2.05, 4.69) is 44.4 Å². The Morgan fingerprint density at radius 3 is 2.58 bits per heavy atom. The first-order chi connectivity index (χ1) is 12.7. The molecular weight excluding hydrogens is 388 g/mol. The van der Waals surface area contributed by atoms with E-state index in [1.54, 1.807) is 0 Å². The first-order valence-corrected chi connectivity index (χ1v) is 10.1. The van der Waals surface area contributed by atoms with E-state index in [4.69, 9.17) is 0 Å². The number of amides is 1. The van der Waals surface area contributed by atoms with Gasteiger partial charge in [0.05, 0.1) is 0 Å². The number of carbonyl (C=O) groups excluding carboxylic acids is 1. The van der Waals surface area contributed by atoms with Crippen molar-refractivity contribution in [2.45, 2.75) is 25.7 Å². The van der Waals surface area contributed by atoms with Crippen LogP contribution in [0.2, 0.25) is 0 Å². The summed E-state index contributed by atoms with van der Waals surface area (Å²) in [6, 6.07) is 13.7. The van der Waals surface area contributed by atoms with Crippen molar-refractivity contribution in [2.75, 3.05) is 25.0 Å². The van der Waals surface area contributed by atoms with Crippen LogP contribution in [0.1, 0.15) is 40.7 Å². The smallest absolute Gasteiger partial charge is 0.255 e. The van der Waals surface area contributed by atoms with Crippen molar-refractivity contribution in [3.63, 3.8) is 0 Å². The molecular formula is C22H23BrN2O. The average Bonchev–Trinajstić information content (AvgIpc) is 3.15. The van der Waals surface area contributed by atoms with Crippen LogP contribution in [-0.4, -0.2) is 30.4 Å². The van der Waals surface area contributed by atoms with E-state index in [9.17, 15) is 4.79 Å². The van der Waals surface area contributed by atoms with E-state index < -0.39 is 0 Å². The van der Waals surface area contributed by atoms with Gasteiger partial charge in [0.2, 0.25) is 0 Å². The molecule has 0 spiro atoms. The molecule has 26 heavy (non-hydrogen) atoms. The van der Waals surface area contributed by atoms with E-state index in [0.29, 0.717) is 5.56 Å². The highest BCUT2D eigenvalue weighted by atomic mass is 79.9. The molecule has 0 atom stereocenters. The fraction of sp³-hybridized carbons (Fsp3) is 0.318. The van der Waals surface area contributed by atoms with Gasteiger partial charge in [-0.05, 0) is 86.3 Å².